The molecule has 134 valence electrons. The molecule has 1 heterocycles. The first-order valence-corrected chi connectivity index (χ1v) is 9.60. The second-order valence-electron chi connectivity index (χ2n) is 6.66. The number of anilines is 1. The monoisotopic (exact) mass is 352 g/mol. The molecule has 4 rings (SSSR count). The van der Waals surface area contributed by atoms with Gasteiger partial charge in [0.1, 0.15) is 0 Å². The van der Waals surface area contributed by atoms with Crippen LogP contribution in [0.1, 0.15) is 25.0 Å². The van der Waals surface area contributed by atoms with E-state index in [9.17, 15) is 0 Å². The quantitative estimate of drug-likeness (QED) is 0.386. The van der Waals surface area contributed by atoms with E-state index in [0.717, 1.165) is 24.1 Å². The van der Waals surface area contributed by atoms with Gasteiger partial charge >= 0.3 is 0 Å². The normalized spacial score (nSPS) is 11.5. The average Bonchev–Trinajstić information content (AvgIpc) is 2.73. The van der Waals surface area contributed by atoms with Crippen LogP contribution in [0.2, 0.25) is 0 Å². The number of aromatic nitrogens is 1. The summed E-state index contributed by atoms with van der Waals surface area (Å²) in [5, 5.41) is 2.37. The van der Waals surface area contributed by atoms with Crippen molar-refractivity contribution in [3.8, 4) is 0 Å². The minimum Gasteiger partial charge on any atom is -0.372 e. The first kappa shape index (κ1) is 17.3. The molecule has 0 saturated carbocycles. The van der Waals surface area contributed by atoms with Crippen molar-refractivity contribution < 1.29 is 0 Å². The lowest BCUT2D eigenvalue weighted by atomic mass is 10.0. The molecule has 0 N–H and O–H groups in total. The summed E-state index contributed by atoms with van der Waals surface area (Å²) >= 11 is 0. The third-order valence-corrected chi connectivity index (χ3v) is 5.09. The third kappa shape index (κ3) is 3.43. The molecule has 0 aliphatic rings. The first-order valence-electron chi connectivity index (χ1n) is 9.60. The summed E-state index contributed by atoms with van der Waals surface area (Å²) < 4.78 is 0. The molecule has 0 unspecified atom stereocenters. The van der Waals surface area contributed by atoms with Crippen LogP contribution in [-0.2, 0) is 0 Å². The van der Waals surface area contributed by atoms with Crippen LogP contribution < -0.4 is 4.90 Å². The second-order valence-corrected chi connectivity index (χ2v) is 6.66. The van der Waals surface area contributed by atoms with E-state index in [1.807, 2.05) is 12.1 Å². The number of hydrogen-bond acceptors (Lipinski definition) is 2. The summed E-state index contributed by atoms with van der Waals surface area (Å²) in [4.78, 5) is 7.16. The van der Waals surface area contributed by atoms with Gasteiger partial charge < -0.3 is 4.90 Å². The van der Waals surface area contributed by atoms with Crippen molar-refractivity contribution in [2.75, 3.05) is 18.0 Å². The van der Waals surface area contributed by atoms with Crippen molar-refractivity contribution >= 4 is 39.6 Å². The van der Waals surface area contributed by atoms with Crippen molar-refractivity contribution in [2.24, 2.45) is 0 Å². The fourth-order valence-corrected chi connectivity index (χ4v) is 3.62. The van der Waals surface area contributed by atoms with Gasteiger partial charge in [-0.2, -0.15) is 0 Å². The van der Waals surface area contributed by atoms with Gasteiger partial charge in [-0.25, -0.2) is 4.98 Å². The van der Waals surface area contributed by atoms with Crippen molar-refractivity contribution in [1.29, 1.82) is 0 Å². The predicted molar refractivity (Wildman–Crippen MR) is 118 cm³/mol. The summed E-state index contributed by atoms with van der Waals surface area (Å²) in [5.41, 5.74) is 5.78. The summed E-state index contributed by atoms with van der Waals surface area (Å²) in [6.45, 7) is 6.44. The van der Waals surface area contributed by atoms with Gasteiger partial charge in [0, 0.05) is 29.5 Å². The van der Waals surface area contributed by atoms with Crippen LogP contribution in [0.15, 0.2) is 72.8 Å². The molecule has 3 aromatic carbocycles. The maximum Gasteiger partial charge on any atom is 0.0715 e. The van der Waals surface area contributed by atoms with E-state index in [1.54, 1.807) is 0 Å². The van der Waals surface area contributed by atoms with Gasteiger partial charge in [0.25, 0.3) is 0 Å². The van der Waals surface area contributed by atoms with Gasteiger partial charge in [-0.15, -0.1) is 0 Å². The molecule has 4 aromatic rings. The maximum absolute atomic E-state index is 4.80. The fraction of sp³-hybridized carbons (Fsp3) is 0.160. The molecule has 0 atom stereocenters. The molecular weight excluding hydrogens is 328 g/mol. The topological polar surface area (TPSA) is 16.1 Å². The zero-order valence-corrected chi connectivity index (χ0v) is 15.9. The maximum atomic E-state index is 4.80. The Morgan fingerprint density at radius 3 is 1.81 bits per heavy atom. The van der Waals surface area contributed by atoms with E-state index in [2.05, 4.69) is 91.6 Å². The molecule has 0 saturated heterocycles. The number of rotatable bonds is 5. The summed E-state index contributed by atoms with van der Waals surface area (Å²) in [6, 6.07) is 25.5. The summed E-state index contributed by atoms with van der Waals surface area (Å²) in [5.74, 6) is 0. The molecule has 2 nitrogen and oxygen atoms in total. The number of pyridine rings is 1. The van der Waals surface area contributed by atoms with Gasteiger partial charge in [-0.3, -0.25) is 0 Å². The highest BCUT2D eigenvalue weighted by Crippen LogP contribution is 2.28. The van der Waals surface area contributed by atoms with Gasteiger partial charge in [-0.05, 0) is 49.2 Å². The van der Waals surface area contributed by atoms with Crippen LogP contribution in [0.4, 0.5) is 5.69 Å². The highest BCUT2D eigenvalue weighted by molar-refractivity contribution is 6.04. The minimum absolute atomic E-state index is 1.03. The highest BCUT2D eigenvalue weighted by atomic mass is 15.1. The van der Waals surface area contributed by atoms with Crippen LogP contribution >= 0.6 is 0 Å². The Kier molecular flexibility index (Phi) is 4.88. The SMILES string of the molecule is CCN(CC)c1ccc(C=Cc2c3ccccc3nc3ccccc23)cc1. The molecular formula is C25H24N2. The highest BCUT2D eigenvalue weighted by Gasteiger charge is 2.06. The molecule has 0 spiro atoms. The lowest BCUT2D eigenvalue weighted by Gasteiger charge is -2.20. The van der Waals surface area contributed by atoms with Crippen LogP contribution in [0.5, 0.6) is 0 Å². The second kappa shape index (κ2) is 7.63. The van der Waals surface area contributed by atoms with Gasteiger partial charge in [0.15, 0.2) is 0 Å². The Bertz CT molecular complexity index is 1040. The number of hydrogen-bond donors (Lipinski definition) is 0. The largest absolute Gasteiger partial charge is 0.372 e. The van der Waals surface area contributed by atoms with Crippen molar-refractivity contribution in [1.82, 2.24) is 4.98 Å². The molecule has 1 aromatic heterocycles. The lowest BCUT2D eigenvalue weighted by molar-refractivity contribution is 0.866. The predicted octanol–water partition coefficient (Wildman–Crippen LogP) is 6.40. The zero-order chi connectivity index (χ0) is 18.6. The first-order chi connectivity index (χ1) is 13.3. The number of fused-ring (bicyclic) bond motifs is 2. The summed E-state index contributed by atoms with van der Waals surface area (Å²) in [6.07, 6.45) is 4.42. The van der Waals surface area contributed by atoms with Crippen molar-refractivity contribution in [2.45, 2.75) is 13.8 Å². The Balaban J connectivity index is 1.76. The molecule has 0 radical (unpaired) electrons. The molecule has 2 heteroatoms. The van der Waals surface area contributed by atoms with E-state index >= 15 is 0 Å². The Morgan fingerprint density at radius 2 is 1.26 bits per heavy atom. The number of nitrogens with zero attached hydrogens (tertiary/aromatic N) is 2. The third-order valence-electron chi connectivity index (χ3n) is 5.09. The minimum atomic E-state index is 1.03. The van der Waals surface area contributed by atoms with Gasteiger partial charge in [0.05, 0.1) is 11.0 Å². The van der Waals surface area contributed by atoms with Crippen LogP contribution in [0, 0.1) is 0 Å². The van der Waals surface area contributed by atoms with Crippen molar-refractivity contribution in [3.05, 3.63) is 83.9 Å². The Labute approximate surface area is 160 Å². The van der Waals surface area contributed by atoms with E-state index in [0.29, 0.717) is 0 Å². The van der Waals surface area contributed by atoms with Crippen LogP contribution in [-0.4, -0.2) is 18.1 Å². The van der Waals surface area contributed by atoms with Crippen LogP contribution in [0.3, 0.4) is 0 Å². The molecule has 0 bridgehead atoms. The van der Waals surface area contributed by atoms with E-state index < -0.39 is 0 Å². The lowest BCUT2D eigenvalue weighted by Crippen LogP contribution is -2.21. The zero-order valence-electron chi connectivity index (χ0n) is 15.9. The van der Waals surface area contributed by atoms with Crippen molar-refractivity contribution in [3.63, 3.8) is 0 Å². The Hall–Kier alpha value is -3.13. The van der Waals surface area contributed by atoms with E-state index in [1.165, 1.54) is 27.6 Å². The molecule has 0 aliphatic carbocycles. The smallest absolute Gasteiger partial charge is 0.0715 e. The average molecular weight is 352 g/mol. The van der Waals surface area contributed by atoms with E-state index in [4.69, 9.17) is 4.98 Å². The van der Waals surface area contributed by atoms with Gasteiger partial charge in [0.2, 0.25) is 0 Å². The summed E-state index contributed by atoms with van der Waals surface area (Å²) in [7, 11) is 0. The van der Waals surface area contributed by atoms with Crippen LogP contribution in [0.25, 0.3) is 34.0 Å². The molecule has 27 heavy (non-hydrogen) atoms. The number of para-hydroxylation sites is 2. The molecule has 0 fully saturated rings. The fourth-order valence-electron chi connectivity index (χ4n) is 3.62. The van der Waals surface area contributed by atoms with Gasteiger partial charge in [-0.1, -0.05) is 60.7 Å². The molecule has 0 aliphatic heterocycles. The van der Waals surface area contributed by atoms with E-state index in [-0.39, 0.29) is 0 Å². The molecule has 0 amide bonds. The standard InChI is InChI=1S/C25H24N2/c1-3-27(4-2)20-16-13-19(14-17-20)15-18-21-22-9-5-7-11-24(22)26-25-12-8-6-10-23(21)25/h5-18H,3-4H2,1-2H3. The number of benzene rings is 3. The Morgan fingerprint density at radius 1 is 0.704 bits per heavy atom.